The molecule has 0 aliphatic heterocycles. The average Bonchev–Trinajstić information content (AvgIpc) is 3.45. The Kier molecular flexibility index (Phi) is 10.8. The number of carbonyl (C=O) groups excluding carboxylic acids is 2. The van der Waals surface area contributed by atoms with E-state index in [0.29, 0.717) is 43.4 Å². The molecule has 4 rings (SSSR count). The van der Waals surface area contributed by atoms with Crippen molar-refractivity contribution in [3.63, 3.8) is 0 Å². The third kappa shape index (κ3) is 8.49. The van der Waals surface area contributed by atoms with Crippen LogP contribution in [0.5, 0.6) is 11.5 Å². The zero-order chi connectivity index (χ0) is 29.9. The van der Waals surface area contributed by atoms with Gasteiger partial charge in [0, 0.05) is 37.1 Å². The van der Waals surface area contributed by atoms with Crippen LogP contribution in [-0.2, 0) is 24.4 Å². The number of carbonyl (C=O) groups is 2. The number of hydrogen-bond donors (Lipinski definition) is 0. The molecule has 0 atom stereocenters. The Hall–Kier alpha value is -4.52. The standard InChI is InChI=1S/C35H41N3O4/c1-27(2)19-21-37(35(40)30-15-17-32(41-3)18-16-30)26-34(39)38(23-28-10-6-5-7-11-28)25-31-13-9-20-36(31)24-29-12-8-14-33(22-29)42-4/h5-18,20,22,27H,19,21,23-26H2,1-4H3. The topological polar surface area (TPSA) is 64.0 Å². The van der Waals surface area contributed by atoms with Crippen molar-refractivity contribution in [1.29, 1.82) is 0 Å². The largest absolute Gasteiger partial charge is 0.497 e. The van der Waals surface area contributed by atoms with E-state index >= 15 is 0 Å². The maximum Gasteiger partial charge on any atom is 0.254 e. The van der Waals surface area contributed by atoms with E-state index in [-0.39, 0.29) is 18.4 Å². The summed E-state index contributed by atoms with van der Waals surface area (Å²) < 4.78 is 12.8. The highest BCUT2D eigenvalue weighted by Gasteiger charge is 2.24. The van der Waals surface area contributed by atoms with Gasteiger partial charge < -0.3 is 23.8 Å². The van der Waals surface area contributed by atoms with Gasteiger partial charge in [0.05, 0.1) is 20.8 Å². The van der Waals surface area contributed by atoms with E-state index in [4.69, 9.17) is 9.47 Å². The van der Waals surface area contributed by atoms with Crippen LogP contribution < -0.4 is 9.47 Å². The van der Waals surface area contributed by atoms with Gasteiger partial charge >= 0.3 is 0 Å². The van der Waals surface area contributed by atoms with Crippen LogP contribution in [0, 0.1) is 5.92 Å². The number of benzene rings is 3. The van der Waals surface area contributed by atoms with Gasteiger partial charge in [0.1, 0.15) is 18.0 Å². The highest BCUT2D eigenvalue weighted by Crippen LogP contribution is 2.19. The van der Waals surface area contributed by atoms with Crippen molar-refractivity contribution in [2.75, 3.05) is 27.3 Å². The second-order valence-electron chi connectivity index (χ2n) is 10.9. The number of nitrogens with zero attached hydrogens (tertiary/aromatic N) is 3. The van der Waals surface area contributed by atoms with Crippen molar-refractivity contribution in [3.05, 3.63) is 120 Å². The number of aromatic nitrogens is 1. The van der Waals surface area contributed by atoms with Crippen LogP contribution >= 0.6 is 0 Å². The van der Waals surface area contributed by atoms with Crippen molar-refractivity contribution in [2.24, 2.45) is 5.92 Å². The lowest BCUT2D eigenvalue weighted by Crippen LogP contribution is -2.43. The van der Waals surface area contributed by atoms with Gasteiger partial charge in [-0.2, -0.15) is 0 Å². The average molecular weight is 568 g/mol. The lowest BCUT2D eigenvalue weighted by atomic mass is 10.1. The summed E-state index contributed by atoms with van der Waals surface area (Å²) in [6, 6.07) is 29.1. The van der Waals surface area contributed by atoms with Gasteiger partial charge in [0.15, 0.2) is 0 Å². The van der Waals surface area contributed by atoms with E-state index in [0.717, 1.165) is 29.0 Å². The summed E-state index contributed by atoms with van der Waals surface area (Å²) in [5.74, 6) is 1.63. The molecule has 0 N–H and O–H groups in total. The maximum atomic E-state index is 14.0. The Bertz CT molecular complexity index is 1430. The van der Waals surface area contributed by atoms with Crippen molar-refractivity contribution in [2.45, 2.75) is 39.9 Å². The third-order valence-corrected chi connectivity index (χ3v) is 7.26. The lowest BCUT2D eigenvalue weighted by molar-refractivity contribution is -0.133. The van der Waals surface area contributed by atoms with Crippen molar-refractivity contribution in [3.8, 4) is 11.5 Å². The SMILES string of the molecule is COc1ccc(C(=O)N(CCC(C)C)CC(=O)N(Cc2ccccc2)Cc2cccn2Cc2cccc(OC)c2)cc1. The van der Waals surface area contributed by atoms with Crippen molar-refractivity contribution in [1.82, 2.24) is 14.4 Å². The molecule has 42 heavy (non-hydrogen) atoms. The van der Waals surface area contributed by atoms with E-state index in [1.54, 1.807) is 43.4 Å². The summed E-state index contributed by atoms with van der Waals surface area (Å²) in [4.78, 5) is 31.1. The number of ether oxygens (including phenoxy) is 2. The van der Waals surface area contributed by atoms with Gasteiger partial charge in [-0.1, -0.05) is 56.3 Å². The molecule has 1 heterocycles. The van der Waals surface area contributed by atoms with E-state index in [1.807, 2.05) is 71.8 Å². The molecular formula is C35H41N3O4. The Morgan fingerprint density at radius 1 is 0.762 bits per heavy atom. The summed E-state index contributed by atoms with van der Waals surface area (Å²) in [6.07, 6.45) is 2.83. The minimum absolute atomic E-state index is 0.00100. The molecule has 0 aliphatic rings. The monoisotopic (exact) mass is 567 g/mol. The predicted octanol–water partition coefficient (Wildman–Crippen LogP) is 6.27. The molecule has 0 saturated heterocycles. The van der Waals surface area contributed by atoms with Crippen molar-refractivity contribution < 1.29 is 19.1 Å². The second kappa shape index (κ2) is 14.9. The zero-order valence-electron chi connectivity index (χ0n) is 25.0. The lowest BCUT2D eigenvalue weighted by Gasteiger charge is -2.29. The molecule has 0 spiro atoms. The van der Waals surface area contributed by atoms with Gasteiger partial charge in [-0.15, -0.1) is 0 Å². The summed E-state index contributed by atoms with van der Waals surface area (Å²) in [5, 5.41) is 0. The van der Waals surface area contributed by atoms with E-state index in [1.165, 1.54) is 0 Å². The van der Waals surface area contributed by atoms with Crippen LogP contribution in [0.2, 0.25) is 0 Å². The zero-order valence-corrected chi connectivity index (χ0v) is 25.0. The molecule has 220 valence electrons. The highest BCUT2D eigenvalue weighted by molar-refractivity contribution is 5.96. The van der Waals surface area contributed by atoms with Crippen LogP contribution in [0.1, 0.15) is 47.4 Å². The fourth-order valence-corrected chi connectivity index (χ4v) is 4.79. The van der Waals surface area contributed by atoms with Crippen LogP contribution in [0.4, 0.5) is 0 Å². The first kappa shape index (κ1) is 30.4. The maximum absolute atomic E-state index is 14.0. The first-order valence-corrected chi connectivity index (χ1v) is 14.4. The van der Waals surface area contributed by atoms with Crippen LogP contribution in [0.25, 0.3) is 0 Å². The van der Waals surface area contributed by atoms with Crippen LogP contribution in [0.15, 0.2) is 97.2 Å². The third-order valence-electron chi connectivity index (χ3n) is 7.26. The first-order valence-electron chi connectivity index (χ1n) is 14.4. The fraction of sp³-hybridized carbons (Fsp3) is 0.314. The van der Waals surface area contributed by atoms with E-state index in [9.17, 15) is 9.59 Å². The molecular weight excluding hydrogens is 526 g/mol. The quantitative estimate of drug-likeness (QED) is 0.180. The minimum atomic E-state index is -0.160. The fourth-order valence-electron chi connectivity index (χ4n) is 4.79. The molecule has 0 radical (unpaired) electrons. The summed E-state index contributed by atoms with van der Waals surface area (Å²) >= 11 is 0. The van der Waals surface area contributed by atoms with Gasteiger partial charge in [-0.3, -0.25) is 9.59 Å². The number of hydrogen-bond acceptors (Lipinski definition) is 4. The number of rotatable bonds is 14. The van der Waals surface area contributed by atoms with Crippen LogP contribution in [0.3, 0.4) is 0 Å². The van der Waals surface area contributed by atoms with E-state index < -0.39 is 0 Å². The predicted molar refractivity (Wildman–Crippen MR) is 166 cm³/mol. The molecule has 4 aromatic rings. The smallest absolute Gasteiger partial charge is 0.254 e. The molecule has 7 nitrogen and oxygen atoms in total. The van der Waals surface area contributed by atoms with Gasteiger partial charge in [0.2, 0.25) is 5.91 Å². The Labute approximate surface area is 249 Å². The molecule has 0 fully saturated rings. The van der Waals surface area contributed by atoms with Crippen molar-refractivity contribution >= 4 is 11.8 Å². The molecule has 0 unspecified atom stereocenters. The molecule has 0 saturated carbocycles. The van der Waals surface area contributed by atoms with Gasteiger partial charge in [-0.25, -0.2) is 0 Å². The highest BCUT2D eigenvalue weighted by atomic mass is 16.5. The Morgan fingerprint density at radius 2 is 1.48 bits per heavy atom. The van der Waals surface area contributed by atoms with E-state index in [2.05, 4.69) is 24.5 Å². The Balaban J connectivity index is 1.57. The molecule has 3 aromatic carbocycles. The normalized spacial score (nSPS) is 10.9. The molecule has 0 bridgehead atoms. The first-order chi connectivity index (χ1) is 20.4. The van der Waals surface area contributed by atoms with Gasteiger partial charge in [0.25, 0.3) is 5.91 Å². The van der Waals surface area contributed by atoms with Gasteiger partial charge in [-0.05, 0) is 72.0 Å². The number of methoxy groups -OCH3 is 2. The summed E-state index contributed by atoms with van der Waals surface area (Å²) in [7, 11) is 3.26. The van der Waals surface area contributed by atoms with Crippen LogP contribution in [-0.4, -0.2) is 53.5 Å². The molecule has 7 heteroatoms. The molecule has 1 aromatic heterocycles. The summed E-state index contributed by atoms with van der Waals surface area (Å²) in [6.45, 7) is 6.26. The number of amides is 2. The molecule has 0 aliphatic carbocycles. The molecule has 2 amide bonds. The Morgan fingerprint density at radius 3 is 2.17 bits per heavy atom. The minimum Gasteiger partial charge on any atom is -0.497 e. The second-order valence-corrected chi connectivity index (χ2v) is 10.9. The summed E-state index contributed by atoms with van der Waals surface area (Å²) in [5.41, 5.74) is 3.69.